The van der Waals surface area contributed by atoms with Crippen molar-refractivity contribution in [3.8, 4) is 0 Å². The summed E-state index contributed by atoms with van der Waals surface area (Å²) in [6.45, 7) is 1.91. The lowest BCUT2D eigenvalue weighted by atomic mass is 10.2. The zero-order chi connectivity index (χ0) is 14.5. The van der Waals surface area contributed by atoms with Gasteiger partial charge in [0.05, 0.1) is 12.2 Å². The monoisotopic (exact) mass is 287 g/mol. The highest BCUT2D eigenvalue weighted by molar-refractivity contribution is 7.93. The van der Waals surface area contributed by atoms with Gasteiger partial charge in [0.1, 0.15) is 0 Å². The minimum absolute atomic E-state index is 0.175. The highest BCUT2D eigenvalue weighted by Gasteiger charge is 2.15. The van der Waals surface area contributed by atoms with E-state index in [1.54, 1.807) is 6.92 Å². The van der Waals surface area contributed by atoms with Crippen LogP contribution >= 0.6 is 0 Å². The van der Waals surface area contributed by atoms with Gasteiger partial charge in [-0.3, -0.25) is 9.52 Å². The maximum Gasteiger partial charge on any atom is 0.338 e. The molecule has 0 bridgehead atoms. The standard InChI is InChI=1S/C11H13NO6S/c1-2-18-11(15)8-3-5-9(6-4-8)12-19(16,17)7-10(13)14/h3-6,12H,2,7H2,1H3,(H,13,14). The Morgan fingerprint density at radius 3 is 2.32 bits per heavy atom. The van der Waals surface area contributed by atoms with Gasteiger partial charge in [-0.05, 0) is 31.2 Å². The van der Waals surface area contributed by atoms with E-state index in [0.717, 1.165) is 0 Å². The number of carbonyl (C=O) groups excluding carboxylic acids is 1. The van der Waals surface area contributed by atoms with Crippen molar-refractivity contribution < 1.29 is 27.9 Å². The van der Waals surface area contributed by atoms with Crippen molar-refractivity contribution in [3.63, 3.8) is 0 Å². The molecular weight excluding hydrogens is 274 g/mol. The van der Waals surface area contributed by atoms with Crippen LogP contribution in [0, 0.1) is 0 Å². The second-order valence-electron chi connectivity index (χ2n) is 3.55. The highest BCUT2D eigenvalue weighted by atomic mass is 32.2. The summed E-state index contributed by atoms with van der Waals surface area (Å²) in [5.41, 5.74) is 0.456. The Bertz CT molecular complexity index is 563. The van der Waals surface area contributed by atoms with Crippen LogP contribution in [-0.4, -0.2) is 37.8 Å². The van der Waals surface area contributed by atoms with Crippen LogP contribution in [0.3, 0.4) is 0 Å². The number of anilines is 1. The summed E-state index contributed by atoms with van der Waals surface area (Å²) in [4.78, 5) is 21.7. The third kappa shape index (κ3) is 4.96. The second-order valence-corrected chi connectivity index (χ2v) is 5.28. The lowest BCUT2D eigenvalue weighted by Crippen LogP contribution is -2.22. The molecule has 0 heterocycles. The van der Waals surface area contributed by atoms with Crippen molar-refractivity contribution >= 4 is 27.6 Å². The molecule has 0 aliphatic rings. The van der Waals surface area contributed by atoms with Gasteiger partial charge in [-0.1, -0.05) is 0 Å². The van der Waals surface area contributed by atoms with Crippen molar-refractivity contribution in [2.45, 2.75) is 6.92 Å². The van der Waals surface area contributed by atoms with Crippen LogP contribution in [0.25, 0.3) is 0 Å². The van der Waals surface area contributed by atoms with Crippen molar-refractivity contribution in [2.24, 2.45) is 0 Å². The van der Waals surface area contributed by atoms with Gasteiger partial charge < -0.3 is 9.84 Å². The van der Waals surface area contributed by atoms with Gasteiger partial charge in [-0.25, -0.2) is 13.2 Å². The number of esters is 1. The molecule has 0 amide bonds. The number of aliphatic carboxylic acids is 1. The first-order valence-electron chi connectivity index (χ1n) is 5.33. The van der Waals surface area contributed by atoms with Crippen LogP contribution in [0.15, 0.2) is 24.3 Å². The van der Waals surface area contributed by atoms with Crippen LogP contribution in [0.5, 0.6) is 0 Å². The molecule has 0 aliphatic carbocycles. The minimum Gasteiger partial charge on any atom is -0.480 e. The van der Waals surface area contributed by atoms with E-state index in [1.165, 1.54) is 24.3 Å². The van der Waals surface area contributed by atoms with E-state index in [-0.39, 0.29) is 17.9 Å². The third-order valence-electron chi connectivity index (χ3n) is 1.98. The molecule has 1 aromatic carbocycles. The molecule has 0 atom stereocenters. The zero-order valence-corrected chi connectivity index (χ0v) is 10.9. The lowest BCUT2D eigenvalue weighted by Gasteiger charge is -2.07. The Morgan fingerprint density at radius 2 is 1.84 bits per heavy atom. The molecule has 0 unspecified atom stereocenters. The predicted molar refractivity (Wildman–Crippen MR) is 67.4 cm³/mol. The van der Waals surface area contributed by atoms with Crippen LogP contribution in [0.2, 0.25) is 0 Å². The second kappa shape index (κ2) is 6.19. The summed E-state index contributed by atoms with van der Waals surface area (Å²) in [6, 6.07) is 5.48. The van der Waals surface area contributed by atoms with Gasteiger partial charge in [-0.15, -0.1) is 0 Å². The summed E-state index contributed by atoms with van der Waals surface area (Å²) in [6.07, 6.45) is 0. The first kappa shape index (κ1) is 15.0. The van der Waals surface area contributed by atoms with Crippen LogP contribution in [0.4, 0.5) is 5.69 Å². The van der Waals surface area contributed by atoms with Gasteiger partial charge in [0.15, 0.2) is 5.75 Å². The summed E-state index contributed by atoms with van der Waals surface area (Å²) >= 11 is 0. The smallest absolute Gasteiger partial charge is 0.338 e. The number of carboxylic acid groups (broad SMARTS) is 1. The lowest BCUT2D eigenvalue weighted by molar-refractivity contribution is -0.134. The average molecular weight is 287 g/mol. The first-order valence-corrected chi connectivity index (χ1v) is 6.99. The Labute approximate surface area is 110 Å². The number of sulfonamides is 1. The number of nitrogens with one attached hydrogen (secondary N) is 1. The third-order valence-corrected chi connectivity index (χ3v) is 3.16. The molecule has 1 rings (SSSR count). The fraction of sp³-hybridized carbons (Fsp3) is 0.273. The van der Waals surface area contributed by atoms with Crippen molar-refractivity contribution in [1.29, 1.82) is 0 Å². The zero-order valence-electron chi connectivity index (χ0n) is 10.1. The quantitative estimate of drug-likeness (QED) is 0.745. The summed E-state index contributed by atoms with van der Waals surface area (Å²) in [7, 11) is -3.94. The van der Waals surface area contributed by atoms with Crippen LogP contribution in [-0.2, 0) is 19.6 Å². The molecular formula is C11H13NO6S. The first-order chi connectivity index (χ1) is 8.84. The molecule has 0 saturated heterocycles. The number of benzene rings is 1. The normalized spacial score (nSPS) is 10.8. The Balaban J connectivity index is 2.77. The molecule has 0 spiro atoms. The van der Waals surface area contributed by atoms with Gasteiger partial charge >= 0.3 is 11.9 Å². The maximum absolute atomic E-state index is 11.3. The average Bonchev–Trinajstić information content (AvgIpc) is 2.27. The molecule has 2 N–H and O–H groups in total. The van der Waals surface area contributed by atoms with E-state index >= 15 is 0 Å². The SMILES string of the molecule is CCOC(=O)c1ccc(NS(=O)(=O)CC(=O)O)cc1. The molecule has 7 nitrogen and oxygen atoms in total. The summed E-state index contributed by atoms with van der Waals surface area (Å²) in [5, 5.41) is 8.42. The molecule has 8 heteroatoms. The van der Waals surface area contributed by atoms with Crippen LogP contribution in [0.1, 0.15) is 17.3 Å². The van der Waals surface area contributed by atoms with E-state index in [1.807, 2.05) is 0 Å². The molecule has 0 fully saturated rings. The van der Waals surface area contributed by atoms with Crippen molar-refractivity contribution in [1.82, 2.24) is 0 Å². The van der Waals surface area contributed by atoms with Gasteiger partial charge in [0, 0.05) is 5.69 Å². The van der Waals surface area contributed by atoms with E-state index in [9.17, 15) is 18.0 Å². The van der Waals surface area contributed by atoms with E-state index in [0.29, 0.717) is 0 Å². The number of carbonyl (C=O) groups is 2. The molecule has 0 saturated carbocycles. The van der Waals surface area contributed by atoms with E-state index < -0.39 is 27.7 Å². The van der Waals surface area contributed by atoms with Crippen molar-refractivity contribution in [2.75, 3.05) is 17.1 Å². The topological polar surface area (TPSA) is 110 Å². The van der Waals surface area contributed by atoms with E-state index in [4.69, 9.17) is 9.84 Å². The summed E-state index contributed by atoms with van der Waals surface area (Å²) < 4.78 is 29.5. The number of carboxylic acids is 1. The largest absolute Gasteiger partial charge is 0.480 e. The number of hydrogen-bond donors (Lipinski definition) is 2. The Morgan fingerprint density at radius 1 is 1.26 bits per heavy atom. The molecule has 104 valence electrons. The fourth-order valence-corrected chi connectivity index (χ4v) is 2.16. The number of rotatable bonds is 6. The van der Waals surface area contributed by atoms with Crippen molar-refractivity contribution in [3.05, 3.63) is 29.8 Å². The maximum atomic E-state index is 11.3. The molecule has 0 aromatic heterocycles. The Hall–Kier alpha value is -2.09. The predicted octanol–water partition coefficient (Wildman–Crippen LogP) is 0.690. The fourth-order valence-electron chi connectivity index (χ4n) is 1.27. The van der Waals surface area contributed by atoms with Crippen LogP contribution < -0.4 is 4.72 Å². The number of hydrogen-bond acceptors (Lipinski definition) is 5. The molecule has 1 aromatic rings. The molecule has 0 radical (unpaired) electrons. The highest BCUT2D eigenvalue weighted by Crippen LogP contribution is 2.12. The molecule has 19 heavy (non-hydrogen) atoms. The number of ether oxygens (including phenoxy) is 1. The van der Waals surface area contributed by atoms with Gasteiger partial charge in [-0.2, -0.15) is 0 Å². The van der Waals surface area contributed by atoms with Gasteiger partial charge in [0.25, 0.3) is 0 Å². The molecule has 0 aliphatic heterocycles. The van der Waals surface area contributed by atoms with Gasteiger partial charge in [0.2, 0.25) is 10.0 Å². The minimum atomic E-state index is -3.94. The summed E-state index contributed by atoms with van der Waals surface area (Å²) in [5.74, 6) is -2.98. The van der Waals surface area contributed by atoms with E-state index in [2.05, 4.69) is 4.72 Å². The Kier molecular flexibility index (Phi) is 4.87.